The third kappa shape index (κ3) is 3.27. The number of aromatic nitrogens is 2. The van der Waals surface area contributed by atoms with E-state index in [9.17, 15) is 4.79 Å². The molecule has 0 spiro atoms. The Hall–Kier alpha value is -2.08. The van der Waals surface area contributed by atoms with Gasteiger partial charge in [0, 0.05) is 19.2 Å². The minimum Gasteiger partial charge on any atom is -0.465 e. The molecule has 0 saturated carbocycles. The molecule has 0 aliphatic heterocycles. The Labute approximate surface area is 116 Å². The first-order chi connectivity index (χ1) is 9.41. The molecule has 108 valence electrons. The summed E-state index contributed by atoms with van der Waals surface area (Å²) < 4.78 is 10.8. The predicted octanol–water partition coefficient (Wildman–Crippen LogP) is 1.70. The number of H-pyrrole nitrogens is 1. The van der Waals surface area contributed by atoms with Gasteiger partial charge in [0.15, 0.2) is 0 Å². The van der Waals surface area contributed by atoms with Crippen LogP contribution < -0.4 is 16.0 Å². The first-order valence-corrected chi connectivity index (χ1v) is 6.39. The molecule has 6 heteroatoms. The van der Waals surface area contributed by atoms with Crippen LogP contribution in [0.3, 0.4) is 0 Å². The fraction of sp³-hybridized carbons (Fsp3) is 0.429. The maximum absolute atomic E-state index is 11.9. The Morgan fingerprint density at radius 2 is 2.15 bits per heavy atom. The number of methoxy groups -OCH3 is 1. The highest BCUT2D eigenvalue weighted by Gasteiger charge is 2.16. The van der Waals surface area contributed by atoms with Gasteiger partial charge in [0.25, 0.3) is 11.6 Å². The van der Waals surface area contributed by atoms with Gasteiger partial charge in [-0.25, -0.2) is 0 Å². The van der Waals surface area contributed by atoms with Gasteiger partial charge in [0.05, 0.1) is 23.1 Å². The fourth-order valence-corrected chi connectivity index (χ4v) is 1.70. The van der Waals surface area contributed by atoms with Gasteiger partial charge in [-0.15, -0.1) is 0 Å². The van der Waals surface area contributed by atoms with Crippen LogP contribution in [0.1, 0.15) is 20.3 Å². The van der Waals surface area contributed by atoms with Gasteiger partial charge < -0.3 is 15.2 Å². The average molecular weight is 277 g/mol. The Kier molecular flexibility index (Phi) is 3.94. The third-order valence-electron chi connectivity index (χ3n) is 3.20. The van der Waals surface area contributed by atoms with E-state index in [0.717, 1.165) is 0 Å². The summed E-state index contributed by atoms with van der Waals surface area (Å²) in [6, 6.07) is 5.21. The van der Waals surface area contributed by atoms with Crippen molar-refractivity contribution in [3.63, 3.8) is 0 Å². The molecule has 0 bridgehead atoms. The number of anilines is 1. The second kappa shape index (κ2) is 5.50. The number of hydrogen-bond donors (Lipinski definition) is 2. The lowest BCUT2D eigenvalue weighted by Crippen LogP contribution is -2.25. The summed E-state index contributed by atoms with van der Waals surface area (Å²) >= 11 is 0. The van der Waals surface area contributed by atoms with Crippen molar-refractivity contribution in [2.75, 3.05) is 19.5 Å². The predicted molar refractivity (Wildman–Crippen MR) is 78.0 cm³/mol. The van der Waals surface area contributed by atoms with Gasteiger partial charge in [-0.3, -0.25) is 9.78 Å². The van der Waals surface area contributed by atoms with Crippen molar-refractivity contribution >= 4 is 16.6 Å². The van der Waals surface area contributed by atoms with Crippen LogP contribution >= 0.6 is 0 Å². The highest BCUT2D eigenvalue weighted by atomic mass is 16.5. The average Bonchev–Trinajstić information content (AvgIpc) is 2.39. The largest absolute Gasteiger partial charge is 0.465 e. The molecule has 1 heterocycles. The highest BCUT2D eigenvalue weighted by molar-refractivity contribution is 5.81. The molecule has 2 rings (SSSR count). The van der Waals surface area contributed by atoms with E-state index in [-0.39, 0.29) is 17.2 Å². The lowest BCUT2D eigenvalue weighted by atomic mass is 10.1. The number of aromatic amines is 1. The van der Waals surface area contributed by atoms with Crippen LogP contribution in [0.25, 0.3) is 10.9 Å². The topological polar surface area (TPSA) is 90.2 Å². The second-order valence-corrected chi connectivity index (χ2v) is 5.21. The number of fused-ring (bicyclic) bond motifs is 1. The van der Waals surface area contributed by atoms with Crippen LogP contribution in [-0.4, -0.2) is 29.3 Å². The lowest BCUT2D eigenvalue weighted by Gasteiger charge is -2.22. The molecule has 0 aliphatic rings. The Bertz CT molecular complexity index is 664. The maximum atomic E-state index is 11.9. The number of nitrogens with two attached hydrogens (primary N) is 1. The number of nitrogens with one attached hydrogen (secondary N) is 1. The van der Waals surface area contributed by atoms with E-state index >= 15 is 0 Å². The van der Waals surface area contributed by atoms with Crippen LogP contribution in [0.2, 0.25) is 0 Å². The fourth-order valence-electron chi connectivity index (χ4n) is 1.70. The number of benzene rings is 1. The lowest BCUT2D eigenvalue weighted by molar-refractivity contribution is 0.00468. The standard InChI is InChI=1S/C14H19N3O3/c1-14(2,19-3)6-7-20-13-16-11-5-4-9(15)8-10(11)12(18)17-13/h4-5,8H,6-7,15H2,1-3H3,(H,16,17,18). The Morgan fingerprint density at radius 3 is 2.85 bits per heavy atom. The van der Waals surface area contributed by atoms with Gasteiger partial charge in [-0.2, -0.15) is 4.98 Å². The van der Waals surface area contributed by atoms with Crippen molar-refractivity contribution in [3.8, 4) is 6.01 Å². The van der Waals surface area contributed by atoms with Gasteiger partial charge in [0.1, 0.15) is 0 Å². The molecule has 6 nitrogen and oxygen atoms in total. The summed E-state index contributed by atoms with van der Waals surface area (Å²) in [6.45, 7) is 4.34. The normalized spacial score (nSPS) is 11.8. The van der Waals surface area contributed by atoms with Crippen LogP contribution in [0.15, 0.2) is 23.0 Å². The van der Waals surface area contributed by atoms with Crippen molar-refractivity contribution in [1.82, 2.24) is 9.97 Å². The van der Waals surface area contributed by atoms with Crippen LogP contribution in [0.4, 0.5) is 5.69 Å². The molecule has 1 aromatic carbocycles. The van der Waals surface area contributed by atoms with E-state index in [1.165, 1.54) is 0 Å². The van der Waals surface area contributed by atoms with Crippen LogP contribution in [0.5, 0.6) is 6.01 Å². The number of nitrogen functional groups attached to an aromatic ring is 1. The first kappa shape index (κ1) is 14.3. The highest BCUT2D eigenvalue weighted by Crippen LogP contribution is 2.15. The number of nitrogens with zero attached hydrogens (tertiary/aromatic N) is 1. The first-order valence-electron chi connectivity index (χ1n) is 6.39. The van der Waals surface area contributed by atoms with Crippen LogP contribution in [-0.2, 0) is 4.74 Å². The SMILES string of the molecule is COC(C)(C)CCOc1nc2ccc(N)cc2c(=O)[nH]1. The third-order valence-corrected chi connectivity index (χ3v) is 3.20. The molecule has 2 aromatic rings. The van der Waals surface area contributed by atoms with Gasteiger partial charge in [-0.1, -0.05) is 0 Å². The minimum atomic E-state index is -0.272. The smallest absolute Gasteiger partial charge is 0.297 e. The summed E-state index contributed by atoms with van der Waals surface area (Å²) in [5, 5.41) is 0.453. The molecular weight excluding hydrogens is 258 g/mol. The molecule has 0 aliphatic carbocycles. The van der Waals surface area contributed by atoms with E-state index in [1.54, 1.807) is 25.3 Å². The van der Waals surface area contributed by atoms with Crippen molar-refractivity contribution in [3.05, 3.63) is 28.6 Å². The van der Waals surface area contributed by atoms with E-state index in [0.29, 0.717) is 29.6 Å². The van der Waals surface area contributed by atoms with Gasteiger partial charge in [-0.05, 0) is 32.0 Å². The molecule has 0 fully saturated rings. The Morgan fingerprint density at radius 1 is 1.40 bits per heavy atom. The number of ether oxygens (including phenoxy) is 2. The molecule has 20 heavy (non-hydrogen) atoms. The summed E-state index contributed by atoms with van der Waals surface area (Å²) in [5.74, 6) is 0. The molecule has 1 aromatic heterocycles. The number of rotatable bonds is 5. The van der Waals surface area contributed by atoms with Crippen LogP contribution in [0, 0.1) is 0 Å². The second-order valence-electron chi connectivity index (χ2n) is 5.21. The zero-order valence-corrected chi connectivity index (χ0v) is 11.9. The van der Waals surface area contributed by atoms with E-state index in [2.05, 4.69) is 9.97 Å². The summed E-state index contributed by atoms with van der Waals surface area (Å²) in [7, 11) is 1.65. The molecule has 0 radical (unpaired) electrons. The van der Waals surface area contributed by atoms with Crippen molar-refractivity contribution < 1.29 is 9.47 Å². The van der Waals surface area contributed by atoms with E-state index in [1.807, 2.05) is 13.8 Å². The van der Waals surface area contributed by atoms with Crippen molar-refractivity contribution in [2.45, 2.75) is 25.9 Å². The minimum absolute atomic E-state index is 0.208. The Balaban J connectivity index is 2.16. The molecule has 0 unspecified atom stereocenters. The molecule has 0 saturated heterocycles. The summed E-state index contributed by atoms with van der Waals surface area (Å²) in [5.41, 5.74) is 6.20. The number of hydrogen-bond acceptors (Lipinski definition) is 5. The van der Waals surface area contributed by atoms with E-state index < -0.39 is 0 Å². The van der Waals surface area contributed by atoms with Gasteiger partial charge in [0.2, 0.25) is 0 Å². The maximum Gasteiger partial charge on any atom is 0.297 e. The molecule has 0 atom stereocenters. The molecular formula is C14H19N3O3. The molecule has 0 amide bonds. The summed E-state index contributed by atoms with van der Waals surface area (Å²) in [6.07, 6.45) is 0.687. The van der Waals surface area contributed by atoms with E-state index in [4.69, 9.17) is 15.2 Å². The zero-order chi connectivity index (χ0) is 14.8. The summed E-state index contributed by atoms with van der Waals surface area (Å²) in [4.78, 5) is 18.8. The van der Waals surface area contributed by atoms with Crippen molar-refractivity contribution in [2.24, 2.45) is 0 Å². The monoisotopic (exact) mass is 277 g/mol. The van der Waals surface area contributed by atoms with Crippen molar-refractivity contribution in [1.29, 1.82) is 0 Å². The molecule has 3 N–H and O–H groups in total. The van der Waals surface area contributed by atoms with Gasteiger partial charge >= 0.3 is 0 Å². The zero-order valence-electron chi connectivity index (χ0n) is 11.9. The quantitative estimate of drug-likeness (QED) is 0.812.